The zero-order valence-electron chi connectivity index (χ0n) is 16.1. The van der Waals surface area contributed by atoms with Gasteiger partial charge in [-0.2, -0.15) is 5.26 Å². The highest BCUT2D eigenvalue weighted by Crippen LogP contribution is 2.24. The predicted octanol–water partition coefficient (Wildman–Crippen LogP) is 4.13. The molecule has 5 nitrogen and oxygen atoms in total. The molecule has 1 aliphatic carbocycles. The Labute approximate surface area is 164 Å². The summed E-state index contributed by atoms with van der Waals surface area (Å²) < 4.78 is 0.627. The molecular formula is C23H23N3O2. The number of hydrogen-bond acceptors (Lipinski definition) is 4. The molecule has 0 radical (unpaired) electrons. The third-order valence-corrected chi connectivity index (χ3v) is 4.82. The quantitative estimate of drug-likeness (QED) is 0.800. The molecule has 0 unspecified atom stereocenters. The first-order valence-electron chi connectivity index (χ1n) is 9.42. The lowest BCUT2D eigenvalue weighted by molar-refractivity contribution is 0.162. The van der Waals surface area contributed by atoms with Gasteiger partial charge in [0, 0.05) is 12.0 Å². The standard InChI is InChI=1S/C23H23N3O2/c1-3-7-22-21(23(27)26(28)16(2)25-22)14-17-8-6-10-18(13-12-17)20-11-5-4-9-19(20)15-24/h4-5,8-13,28H,3,6-7,14H2,1-2H3. The van der Waals surface area contributed by atoms with Crippen LogP contribution in [-0.2, 0) is 12.8 Å². The van der Waals surface area contributed by atoms with Crippen molar-refractivity contribution in [3.8, 4) is 6.07 Å². The summed E-state index contributed by atoms with van der Waals surface area (Å²) in [4.78, 5) is 17.0. The summed E-state index contributed by atoms with van der Waals surface area (Å²) in [6.07, 6.45) is 10.8. The van der Waals surface area contributed by atoms with Crippen LogP contribution in [0.4, 0.5) is 0 Å². The van der Waals surface area contributed by atoms with Gasteiger partial charge in [0.1, 0.15) is 5.82 Å². The molecule has 0 saturated carbocycles. The van der Waals surface area contributed by atoms with Crippen LogP contribution in [0.5, 0.6) is 0 Å². The molecule has 0 bridgehead atoms. The molecule has 1 aromatic heterocycles. The number of nitriles is 1. The van der Waals surface area contributed by atoms with Gasteiger partial charge in [0.25, 0.3) is 5.56 Å². The number of rotatable bonds is 5. The Bertz CT molecular complexity index is 1080. The van der Waals surface area contributed by atoms with E-state index >= 15 is 0 Å². The molecule has 5 heteroatoms. The van der Waals surface area contributed by atoms with Crippen LogP contribution in [0.3, 0.4) is 0 Å². The van der Waals surface area contributed by atoms with Gasteiger partial charge in [-0.3, -0.25) is 4.79 Å². The molecule has 1 heterocycles. The summed E-state index contributed by atoms with van der Waals surface area (Å²) in [5.74, 6) is 0.305. The summed E-state index contributed by atoms with van der Waals surface area (Å²) >= 11 is 0. The van der Waals surface area contributed by atoms with Crippen molar-refractivity contribution in [2.45, 2.75) is 39.5 Å². The molecule has 3 rings (SSSR count). The van der Waals surface area contributed by atoms with E-state index in [1.807, 2.05) is 43.3 Å². The topological polar surface area (TPSA) is 78.9 Å². The first-order valence-corrected chi connectivity index (χ1v) is 9.42. The minimum atomic E-state index is -0.405. The van der Waals surface area contributed by atoms with E-state index in [0.717, 1.165) is 28.8 Å². The van der Waals surface area contributed by atoms with E-state index in [9.17, 15) is 15.3 Å². The summed E-state index contributed by atoms with van der Waals surface area (Å²) in [5, 5.41) is 19.3. The Hall–Kier alpha value is -3.39. The van der Waals surface area contributed by atoms with E-state index in [1.165, 1.54) is 0 Å². The van der Waals surface area contributed by atoms with Crippen molar-refractivity contribution in [1.82, 2.24) is 9.71 Å². The third kappa shape index (κ3) is 3.96. The monoisotopic (exact) mass is 373 g/mol. The molecule has 0 amide bonds. The van der Waals surface area contributed by atoms with E-state index in [2.05, 4.69) is 23.2 Å². The van der Waals surface area contributed by atoms with Gasteiger partial charge >= 0.3 is 0 Å². The van der Waals surface area contributed by atoms with Gasteiger partial charge in [-0.1, -0.05) is 55.8 Å². The lowest BCUT2D eigenvalue weighted by Crippen LogP contribution is -2.27. The van der Waals surface area contributed by atoms with E-state index in [4.69, 9.17) is 0 Å². The van der Waals surface area contributed by atoms with Gasteiger partial charge in [0.15, 0.2) is 0 Å². The highest BCUT2D eigenvalue weighted by Gasteiger charge is 2.15. The number of nitrogens with zero attached hydrogens (tertiary/aromatic N) is 3. The normalized spacial score (nSPS) is 13.5. The van der Waals surface area contributed by atoms with Crippen LogP contribution >= 0.6 is 0 Å². The largest absolute Gasteiger partial charge is 0.424 e. The molecule has 0 saturated heterocycles. The Morgan fingerprint density at radius 2 is 2.04 bits per heavy atom. The molecule has 1 aromatic carbocycles. The minimum Gasteiger partial charge on any atom is -0.424 e. The molecule has 1 N–H and O–H groups in total. The molecule has 0 fully saturated rings. The third-order valence-electron chi connectivity index (χ3n) is 4.82. The van der Waals surface area contributed by atoms with E-state index in [-0.39, 0.29) is 0 Å². The first-order chi connectivity index (χ1) is 13.5. The summed E-state index contributed by atoms with van der Waals surface area (Å²) in [7, 11) is 0. The second kappa shape index (κ2) is 8.53. The van der Waals surface area contributed by atoms with Crippen LogP contribution in [0.15, 0.2) is 58.9 Å². The van der Waals surface area contributed by atoms with Crippen molar-refractivity contribution in [3.05, 3.63) is 92.7 Å². The van der Waals surface area contributed by atoms with E-state index in [1.54, 1.807) is 6.92 Å². The van der Waals surface area contributed by atoms with Crippen LogP contribution in [0.1, 0.15) is 48.0 Å². The highest BCUT2D eigenvalue weighted by molar-refractivity contribution is 5.78. The van der Waals surface area contributed by atoms with Crippen LogP contribution < -0.4 is 5.56 Å². The van der Waals surface area contributed by atoms with Crippen LogP contribution in [-0.4, -0.2) is 14.9 Å². The average molecular weight is 373 g/mol. The van der Waals surface area contributed by atoms with Gasteiger partial charge in [0.2, 0.25) is 0 Å². The number of aryl methyl sites for hydroxylation is 2. The lowest BCUT2D eigenvalue weighted by Gasteiger charge is -2.11. The predicted molar refractivity (Wildman–Crippen MR) is 109 cm³/mol. The maximum absolute atomic E-state index is 12.6. The fourth-order valence-corrected chi connectivity index (χ4v) is 3.37. The van der Waals surface area contributed by atoms with Gasteiger partial charge in [-0.25, -0.2) is 4.98 Å². The first kappa shape index (κ1) is 19.4. The van der Waals surface area contributed by atoms with Crippen LogP contribution in [0.25, 0.3) is 5.57 Å². The maximum Gasteiger partial charge on any atom is 0.289 e. The second-order valence-corrected chi connectivity index (χ2v) is 6.79. The van der Waals surface area contributed by atoms with Gasteiger partial charge in [-0.05, 0) is 42.5 Å². The van der Waals surface area contributed by atoms with E-state index < -0.39 is 5.56 Å². The van der Waals surface area contributed by atoms with Gasteiger partial charge in [-0.15, -0.1) is 4.73 Å². The second-order valence-electron chi connectivity index (χ2n) is 6.79. The molecular weight excluding hydrogens is 350 g/mol. The Morgan fingerprint density at radius 1 is 1.25 bits per heavy atom. The molecule has 0 aliphatic heterocycles. The van der Waals surface area contributed by atoms with Crippen LogP contribution in [0.2, 0.25) is 0 Å². The average Bonchev–Trinajstić information content (AvgIpc) is 2.95. The zero-order chi connectivity index (χ0) is 20.1. The van der Waals surface area contributed by atoms with Crippen molar-refractivity contribution in [2.24, 2.45) is 0 Å². The molecule has 0 spiro atoms. The van der Waals surface area contributed by atoms with Crippen molar-refractivity contribution in [1.29, 1.82) is 5.26 Å². The molecule has 28 heavy (non-hydrogen) atoms. The van der Waals surface area contributed by atoms with Crippen molar-refractivity contribution in [2.75, 3.05) is 0 Å². The number of allylic oxidation sites excluding steroid dienone is 6. The molecule has 1 aliphatic rings. The molecule has 0 atom stereocenters. The molecule has 142 valence electrons. The fourth-order valence-electron chi connectivity index (χ4n) is 3.37. The Morgan fingerprint density at radius 3 is 2.79 bits per heavy atom. The zero-order valence-corrected chi connectivity index (χ0v) is 16.1. The van der Waals surface area contributed by atoms with Crippen LogP contribution in [0, 0.1) is 18.3 Å². The number of aromatic nitrogens is 2. The lowest BCUT2D eigenvalue weighted by atomic mass is 9.99. The molecule has 2 aromatic rings. The Kier molecular flexibility index (Phi) is 5.90. The van der Waals surface area contributed by atoms with E-state index in [0.29, 0.717) is 40.9 Å². The van der Waals surface area contributed by atoms with Gasteiger partial charge in [0.05, 0.1) is 17.3 Å². The summed E-state index contributed by atoms with van der Waals surface area (Å²) in [6.45, 7) is 3.66. The number of hydrogen-bond donors (Lipinski definition) is 1. The Balaban J connectivity index is 1.91. The fraction of sp³-hybridized carbons (Fsp3) is 0.261. The summed E-state index contributed by atoms with van der Waals surface area (Å²) in [6, 6.07) is 9.75. The number of benzene rings is 1. The van der Waals surface area contributed by atoms with Crippen molar-refractivity contribution < 1.29 is 5.21 Å². The minimum absolute atomic E-state index is 0.305. The van der Waals surface area contributed by atoms with Crippen molar-refractivity contribution >= 4 is 5.57 Å². The van der Waals surface area contributed by atoms with Gasteiger partial charge < -0.3 is 5.21 Å². The smallest absolute Gasteiger partial charge is 0.289 e. The summed E-state index contributed by atoms with van der Waals surface area (Å²) in [5.41, 5.74) is 4.39. The maximum atomic E-state index is 12.6. The van der Waals surface area contributed by atoms with Crippen molar-refractivity contribution in [3.63, 3.8) is 0 Å². The highest BCUT2D eigenvalue weighted by atomic mass is 16.5. The SMILES string of the molecule is CCCc1nc(C)n(O)c(=O)c1CC1=CCC=C(c2ccccc2C#N)C=C1.